The molecule has 0 aliphatic heterocycles. The third-order valence-electron chi connectivity index (χ3n) is 4.31. The van der Waals surface area contributed by atoms with Gasteiger partial charge in [-0.15, -0.1) is 0 Å². The highest BCUT2D eigenvalue weighted by Crippen LogP contribution is 2.27. The van der Waals surface area contributed by atoms with Crippen molar-refractivity contribution in [2.24, 2.45) is 0 Å². The number of carbonyl (C=O) groups is 1. The van der Waals surface area contributed by atoms with Gasteiger partial charge in [-0.2, -0.15) is 0 Å². The Morgan fingerprint density at radius 3 is 2.18 bits per heavy atom. The molecule has 0 aliphatic carbocycles. The second-order valence-corrected chi connectivity index (χ2v) is 7.12. The van der Waals surface area contributed by atoms with Crippen molar-refractivity contribution in [2.45, 2.75) is 20.8 Å². The van der Waals surface area contributed by atoms with Gasteiger partial charge in [0.1, 0.15) is 5.75 Å². The Bertz CT molecular complexity index is 961. The molecule has 144 valence electrons. The molecule has 0 aromatic heterocycles. The summed E-state index contributed by atoms with van der Waals surface area (Å²) in [5.74, 6) is 0.393. The van der Waals surface area contributed by atoms with Gasteiger partial charge in [0.25, 0.3) is 5.91 Å². The van der Waals surface area contributed by atoms with Crippen LogP contribution >= 0.6 is 11.6 Å². The van der Waals surface area contributed by atoms with Gasteiger partial charge >= 0.3 is 0 Å². The summed E-state index contributed by atoms with van der Waals surface area (Å²) in [4.78, 5) is 12.4. The fourth-order valence-electron chi connectivity index (χ4n) is 2.82. The summed E-state index contributed by atoms with van der Waals surface area (Å²) in [5.41, 5.74) is 5.50. The molecule has 0 heterocycles. The summed E-state index contributed by atoms with van der Waals surface area (Å²) >= 11 is 6.17. The van der Waals surface area contributed by atoms with Crippen LogP contribution in [0, 0.1) is 20.8 Å². The highest BCUT2D eigenvalue weighted by molar-refractivity contribution is 6.32. The Kier molecular flexibility index (Phi) is 6.22. The van der Waals surface area contributed by atoms with Gasteiger partial charge in [0.15, 0.2) is 6.61 Å². The molecule has 0 aliphatic rings. The van der Waals surface area contributed by atoms with Crippen LogP contribution in [0.15, 0.2) is 60.7 Å². The molecule has 3 aromatic carbocycles. The first-order chi connectivity index (χ1) is 13.4. The molecular formula is C23H23ClN2O2. The van der Waals surface area contributed by atoms with Gasteiger partial charge in [0.2, 0.25) is 0 Å². The lowest BCUT2D eigenvalue weighted by molar-refractivity contribution is -0.118. The number of nitrogens with one attached hydrogen (secondary N) is 2. The lowest BCUT2D eigenvalue weighted by Crippen LogP contribution is -2.20. The van der Waals surface area contributed by atoms with E-state index in [1.54, 1.807) is 0 Å². The van der Waals surface area contributed by atoms with Crippen LogP contribution in [-0.4, -0.2) is 12.5 Å². The molecule has 0 saturated heterocycles. The first kappa shape index (κ1) is 19.8. The SMILES string of the molecule is Cc1ccc(Nc2ccccc2NC(=O)COc2cc(C)c(Cl)c(C)c2)cc1. The van der Waals surface area contributed by atoms with Gasteiger partial charge in [-0.25, -0.2) is 0 Å². The van der Waals surface area contributed by atoms with E-state index in [2.05, 4.69) is 10.6 Å². The average molecular weight is 395 g/mol. The Balaban J connectivity index is 1.65. The van der Waals surface area contributed by atoms with E-state index < -0.39 is 0 Å². The molecule has 0 saturated carbocycles. The Morgan fingerprint density at radius 1 is 0.929 bits per heavy atom. The minimum absolute atomic E-state index is 0.0840. The lowest BCUT2D eigenvalue weighted by atomic mass is 10.1. The van der Waals surface area contributed by atoms with E-state index in [0.29, 0.717) is 16.5 Å². The maximum Gasteiger partial charge on any atom is 0.262 e. The quantitative estimate of drug-likeness (QED) is 0.537. The first-order valence-corrected chi connectivity index (χ1v) is 9.42. The number of rotatable bonds is 6. The number of halogens is 1. The molecule has 28 heavy (non-hydrogen) atoms. The summed E-state index contributed by atoms with van der Waals surface area (Å²) in [6, 6.07) is 19.3. The number of para-hydroxylation sites is 2. The Hall–Kier alpha value is -2.98. The van der Waals surface area contributed by atoms with Gasteiger partial charge in [-0.05, 0) is 68.3 Å². The molecule has 0 fully saturated rings. The summed E-state index contributed by atoms with van der Waals surface area (Å²) < 4.78 is 5.64. The Labute approximate surface area is 170 Å². The fourth-order valence-corrected chi connectivity index (χ4v) is 2.93. The maximum absolute atomic E-state index is 12.4. The number of anilines is 3. The Morgan fingerprint density at radius 2 is 1.54 bits per heavy atom. The average Bonchev–Trinajstić information content (AvgIpc) is 2.67. The van der Waals surface area contributed by atoms with Crippen molar-refractivity contribution in [3.63, 3.8) is 0 Å². The van der Waals surface area contributed by atoms with Crippen LogP contribution < -0.4 is 15.4 Å². The van der Waals surface area contributed by atoms with E-state index in [-0.39, 0.29) is 12.5 Å². The second kappa shape index (κ2) is 8.81. The van der Waals surface area contributed by atoms with Gasteiger partial charge in [0, 0.05) is 10.7 Å². The van der Waals surface area contributed by atoms with Crippen LogP contribution in [0.2, 0.25) is 5.02 Å². The molecule has 1 amide bonds. The van der Waals surface area contributed by atoms with Crippen molar-refractivity contribution < 1.29 is 9.53 Å². The van der Waals surface area contributed by atoms with Crippen LogP contribution in [0.5, 0.6) is 5.75 Å². The van der Waals surface area contributed by atoms with Crippen molar-refractivity contribution in [3.8, 4) is 5.75 Å². The molecule has 0 atom stereocenters. The molecule has 3 rings (SSSR count). The number of ether oxygens (including phenoxy) is 1. The molecule has 0 spiro atoms. The van der Waals surface area contributed by atoms with Crippen LogP contribution in [0.25, 0.3) is 0 Å². The van der Waals surface area contributed by atoms with E-state index in [4.69, 9.17) is 16.3 Å². The predicted molar refractivity (Wildman–Crippen MR) is 116 cm³/mol. The third kappa shape index (κ3) is 5.05. The standard InChI is InChI=1S/C23H23ClN2O2/c1-15-8-10-18(11-9-15)25-20-6-4-5-7-21(20)26-22(27)14-28-19-12-16(2)23(24)17(3)13-19/h4-13,25H,14H2,1-3H3,(H,26,27). The molecule has 0 unspecified atom stereocenters. The van der Waals surface area contributed by atoms with Crippen molar-refractivity contribution in [1.29, 1.82) is 0 Å². The fraction of sp³-hybridized carbons (Fsp3) is 0.174. The zero-order chi connectivity index (χ0) is 20.1. The number of hydrogen-bond donors (Lipinski definition) is 2. The highest BCUT2D eigenvalue weighted by Gasteiger charge is 2.09. The smallest absolute Gasteiger partial charge is 0.262 e. The first-order valence-electron chi connectivity index (χ1n) is 9.04. The van der Waals surface area contributed by atoms with Crippen LogP contribution in [-0.2, 0) is 4.79 Å². The molecule has 4 nitrogen and oxygen atoms in total. The van der Waals surface area contributed by atoms with Crippen LogP contribution in [0.3, 0.4) is 0 Å². The van der Waals surface area contributed by atoms with E-state index in [1.807, 2.05) is 81.4 Å². The molecule has 0 bridgehead atoms. The van der Waals surface area contributed by atoms with Gasteiger partial charge in [0.05, 0.1) is 11.4 Å². The largest absolute Gasteiger partial charge is 0.484 e. The predicted octanol–water partition coefficient (Wildman–Crippen LogP) is 6.03. The number of hydrogen-bond acceptors (Lipinski definition) is 3. The monoisotopic (exact) mass is 394 g/mol. The molecule has 2 N–H and O–H groups in total. The van der Waals surface area contributed by atoms with Crippen molar-refractivity contribution in [3.05, 3.63) is 82.4 Å². The number of carbonyl (C=O) groups excluding carboxylic acids is 1. The van der Waals surface area contributed by atoms with E-state index in [1.165, 1.54) is 5.56 Å². The molecule has 3 aromatic rings. The van der Waals surface area contributed by atoms with Crippen LogP contribution in [0.1, 0.15) is 16.7 Å². The summed E-state index contributed by atoms with van der Waals surface area (Å²) in [5, 5.41) is 6.95. The van der Waals surface area contributed by atoms with Crippen molar-refractivity contribution in [2.75, 3.05) is 17.2 Å². The lowest BCUT2D eigenvalue weighted by Gasteiger charge is -2.14. The minimum atomic E-state index is -0.233. The highest BCUT2D eigenvalue weighted by atomic mass is 35.5. The van der Waals surface area contributed by atoms with Gasteiger partial charge < -0.3 is 15.4 Å². The maximum atomic E-state index is 12.4. The van der Waals surface area contributed by atoms with Crippen molar-refractivity contribution in [1.82, 2.24) is 0 Å². The zero-order valence-corrected chi connectivity index (χ0v) is 16.9. The normalized spacial score (nSPS) is 10.4. The van der Waals surface area contributed by atoms with Crippen LogP contribution in [0.4, 0.5) is 17.1 Å². The van der Waals surface area contributed by atoms with Crippen molar-refractivity contribution >= 4 is 34.6 Å². The number of benzene rings is 3. The zero-order valence-electron chi connectivity index (χ0n) is 16.2. The van der Waals surface area contributed by atoms with E-state index >= 15 is 0 Å². The topological polar surface area (TPSA) is 50.4 Å². The van der Waals surface area contributed by atoms with Gasteiger partial charge in [-0.1, -0.05) is 41.4 Å². The molecular weight excluding hydrogens is 372 g/mol. The van der Waals surface area contributed by atoms with Gasteiger partial charge in [-0.3, -0.25) is 4.79 Å². The third-order valence-corrected chi connectivity index (χ3v) is 4.91. The molecule has 0 radical (unpaired) electrons. The minimum Gasteiger partial charge on any atom is -0.484 e. The summed E-state index contributed by atoms with van der Waals surface area (Å²) in [7, 11) is 0. The number of amides is 1. The van der Waals surface area contributed by atoms with E-state index in [9.17, 15) is 4.79 Å². The summed E-state index contributed by atoms with van der Waals surface area (Å²) in [6.45, 7) is 5.78. The second-order valence-electron chi connectivity index (χ2n) is 6.74. The van der Waals surface area contributed by atoms with E-state index in [0.717, 1.165) is 22.5 Å². The number of aryl methyl sites for hydroxylation is 3. The molecule has 5 heteroatoms. The summed E-state index contributed by atoms with van der Waals surface area (Å²) in [6.07, 6.45) is 0.